The highest BCUT2D eigenvalue weighted by atomic mass is 32.2. The Kier molecular flexibility index (Phi) is 6.75. The molecule has 3 aromatic carbocycles. The summed E-state index contributed by atoms with van der Waals surface area (Å²) < 4.78 is 45.1. The van der Waals surface area contributed by atoms with Crippen LogP contribution in [0.25, 0.3) is 0 Å². The number of rotatable bonds is 6. The van der Waals surface area contributed by atoms with Crippen molar-refractivity contribution < 1.29 is 32.2 Å². The lowest BCUT2D eigenvalue weighted by Gasteiger charge is -2.31. The predicted molar refractivity (Wildman–Crippen MR) is 137 cm³/mol. The lowest BCUT2D eigenvalue weighted by molar-refractivity contribution is -0.126. The van der Waals surface area contributed by atoms with E-state index in [0.717, 1.165) is 24.1 Å². The van der Waals surface area contributed by atoms with Gasteiger partial charge in [-0.25, -0.2) is 13.2 Å². The van der Waals surface area contributed by atoms with Crippen LogP contribution in [-0.4, -0.2) is 46.2 Å². The van der Waals surface area contributed by atoms with Crippen molar-refractivity contribution in [3.8, 4) is 11.5 Å². The van der Waals surface area contributed by atoms with Gasteiger partial charge in [0.1, 0.15) is 13.2 Å². The first-order chi connectivity index (χ1) is 17.8. The van der Waals surface area contributed by atoms with Gasteiger partial charge in [0, 0.05) is 18.3 Å². The number of fused-ring (bicyclic) bond motifs is 2. The molecule has 2 aliphatic rings. The van der Waals surface area contributed by atoms with Crippen molar-refractivity contribution in [3.63, 3.8) is 0 Å². The van der Waals surface area contributed by atoms with Crippen molar-refractivity contribution in [1.29, 1.82) is 0 Å². The van der Waals surface area contributed by atoms with Crippen LogP contribution in [0.2, 0.25) is 0 Å². The van der Waals surface area contributed by atoms with Gasteiger partial charge in [0.25, 0.3) is 15.9 Å². The van der Waals surface area contributed by atoms with Crippen LogP contribution in [0, 0.1) is 0 Å². The molecule has 9 nitrogen and oxygen atoms in total. The van der Waals surface area contributed by atoms with Gasteiger partial charge < -0.3 is 19.1 Å². The molecule has 0 spiro atoms. The number of carbonyl (C=O) groups excluding carboxylic acids is 2. The summed E-state index contributed by atoms with van der Waals surface area (Å²) in [5, 5.41) is 0. The highest BCUT2D eigenvalue weighted by Crippen LogP contribution is 2.33. The fourth-order valence-corrected chi connectivity index (χ4v) is 5.50. The zero-order chi connectivity index (χ0) is 26.0. The maximum Gasteiger partial charge on any atom is 0.341 e. The minimum Gasteiger partial charge on any atom is -0.486 e. The number of sulfonamides is 1. The van der Waals surface area contributed by atoms with E-state index in [1.54, 1.807) is 17.0 Å². The molecule has 3 aromatic rings. The first kappa shape index (κ1) is 24.6. The number of esters is 1. The maximum atomic E-state index is 13.2. The Morgan fingerprint density at radius 2 is 1.70 bits per heavy atom. The highest BCUT2D eigenvalue weighted by molar-refractivity contribution is 7.92. The Hall–Kier alpha value is -4.05. The SMILES string of the molecule is C[C@H](OC(=O)c1ccccc1NS(=O)(=O)c1ccc2c(c1)OCCO2)C(=O)N1CCCc2ccccc21. The van der Waals surface area contributed by atoms with Gasteiger partial charge in [0.2, 0.25) is 0 Å². The van der Waals surface area contributed by atoms with E-state index in [4.69, 9.17) is 14.2 Å². The monoisotopic (exact) mass is 522 g/mol. The third-order valence-electron chi connectivity index (χ3n) is 6.22. The molecular weight excluding hydrogens is 496 g/mol. The Bertz CT molecular complexity index is 1450. The van der Waals surface area contributed by atoms with Gasteiger partial charge >= 0.3 is 5.97 Å². The number of nitrogens with one attached hydrogen (secondary N) is 1. The first-order valence-electron chi connectivity index (χ1n) is 12.0. The molecule has 0 aromatic heterocycles. The molecule has 1 N–H and O–H groups in total. The van der Waals surface area contributed by atoms with Gasteiger partial charge in [0.15, 0.2) is 17.6 Å². The van der Waals surface area contributed by atoms with Crippen LogP contribution in [0.1, 0.15) is 29.3 Å². The molecule has 192 valence electrons. The van der Waals surface area contributed by atoms with Crippen molar-refractivity contribution >= 4 is 33.3 Å². The van der Waals surface area contributed by atoms with E-state index in [1.807, 2.05) is 24.3 Å². The fraction of sp³-hybridized carbons (Fsp3) is 0.259. The summed E-state index contributed by atoms with van der Waals surface area (Å²) in [4.78, 5) is 27.8. The van der Waals surface area contributed by atoms with Crippen LogP contribution in [0.15, 0.2) is 71.6 Å². The minimum absolute atomic E-state index is 0.0117. The van der Waals surface area contributed by atoms with Crippen LogP contribution in [0.3, 0.4) is 0 Å². The molecule has 0 bridgehead atoms. The van der Waals surface area contributed by atoms with Crippen LogP contribution in [0.5, 0.6) is 11.5 Å². The Labute approximate surface area is 215 Å². The summed E-state index contributed by atoms with van der Waals surface area (Å²) >= 11 is 0. The van der Waals surface area contributed by atoms with Gasteiger partial charge in [-0.1, -0.05) is 30.3 Å². The van der Waals surface area contributed by atoms with E-state index < -0.39 is 22.1 Å². The molecule has 0 fully saturated rings. The molecule has 1 atom stereocenters. The van der Waals surface area contributed by atoms with Crippen LogP contribution < -0.4 is 19.1 Å². The third-order valence-corrected chi connectivity index (χ3v) is 7.59. The second-order valence-corrected chi connectivity index (χ2v) is 10.4. The number of hydrogen-bond acceptors (Lipinski definition) is 7. The molecule has 2 heterocycles. The van der Waals surface area contributed by atoms with Crippen molar-refractivity contribution in [2.75, 3.05) is 29.4 Å². The molecular formula is C27H26N2O7S. The second kappa shape index (κ2) is 10.1. The van der Waals surface area contributed by atoms with E-state index in [-0.39, 0.29) is 22.1 Å². The summed E-state index contributed by atoms with van der Waals surface area (Å²) in [6, 6.07) is 18.0. The van der Waals surface area contributed by atoms with E-state index in [9.17, 15) is 18.0 Å². The molecule has 0 unspecified atom stereocenters. The van der Waals surface area contributed by atoms with Crippen molar-refractivity contribution in [2.24, 2.45) is 0 Å². The smallest absolute Gasteiger partial charge is 0.341 e. The van der Waals surface area contributed by atoms with E-state index in [2.05, 4.69) is 4.72 Å². The summed E-state index contributed by atoms with van der Waals surface area (Å²) in [7, 11) is -4.07. The number of ether oxygens (including phenoxy) is 3. The van der Waals surface area contributed by atoms with Gasteiger partial charge in [-0.2, -0.15) is 0 Å². The quantitative estimate of drug-likeness (QED) is 0.491. The molecule has 0 radical (unpaired) electrons. The Morgan fingerprint density at radius 3 is 2.54 bits per heavy atom. The highest BCUT2D eigenvalue weighted by Gasteiger charge is 2.30. The van der Waals surface area contributed by atoms with E-state index in [1.165, 1.54) is 37.3 Å². The first-order valence-corrected chi connectivity index (χ1v) is 13.4. The van der Waals surface area contributed by atoms with Gasteiger partial charge in [0.05, 0.1) is 16.1 Å². The molecule has 1 amide bonds. The number of benzene rings is 3. The average molecular weight is 523 g/mol. The lowest BCUT2D eigenvalue weighted by atomic mass is 10.0. The largest absolute Gasteiger partial charge is 0.486 e. The standard InChI is InChI=1S/C27H26N2O7S/c1-18(26(30)29-14-6-8-19-7-2-5-11-23(19)29)36-27(31)21-9-3-4-10-22(21)28-37(32,33)20-12-13-24-25(17-20)35-16-15-34-24/h2-5,7,9-13,17-18,28H,6,8,14-16H2,1H3/t18-/m0/s1. The number of nitrogens with zero attached hydrogens (tertiary/aromatic N) is 1. The maximum absolute atomic E-state index is 13.2. The number of amides is 1. The third kappa shape index (κ3) is 5.10. The number of anilines is 2. The van der Waals surface area contributed by atoms with Gasteiger partial charge in [-0.05, 0) is 55.7 Å². The predicted octanol–water partition coefficient (Wildman–Crippen LogP) is 3.78. The van der Waals surface area contributed by atoms with Crippen LogP contribution >= 0.6 is 0 Å². The van der Waals surface area contributed by atoms with E-state index in [0.29, 0.717) is 31.3 Å². The fourth-order valence-electron chi connectivity index (χ4n) is 4.40. The van der Waals surface area contributed by atoms with Gasteiger partial charge in [-0.15, -0.1) is 0 Å². The summed E-state index contributed by atoms with van der Waals surface area (Å²) in [5.41, 5.74) is 1.90. The van der Waals surface area contributed by atoms with Crippen molar-refractivity contribution in [3.05, 3.63) is 77.9 Å². The summed E-state index contributed by atoms with van der Waals surface area (Å²) in [5.74, 6) is -0.362. The summed E-state index contributed by atoms with van der Waals surface area (Å²) in [6.45, 7) is 2.75. The number of carbonyl (C=O) groups is 2. The number of aryl methyl sites for hydroxylation is 1. The average Bonchev–Trinajstić information content (AvgIpc) is 2.92. The Morgan fingerprint density at radius 1 is 0.973 bits per heavy atom. The molecule has 0 saturated carbocycles. The molecule has 0 saturated heterocycles. The minimum atomic E-state index is -4.07. The second-order valence-electron chi connectivity index (χ2n) is 8.73. The summed E-state index contributed by atoms with van der Waals surface area (Å²) in [6.07, 6.45) is 0.625. The van der Waals surface area contributed by atoms with Crippen molar-refractivity contribution in [1.82, 2.24) is 0 Å². The van der Waals surface area contributed by atoms with Crippen LogP contribution in [-0.2, 0) is 26.0 Å². The topological polar surface area (TPSA) is 111 Å². The van der Waals surface area contributed by atoms with Crippen LogP contribution in [0.4, 0.5) is 11.4 Å². The zero-order valence-electron chi connectivity index (χ0n) is 20.2. The molecule has 0 aliphatic carbocycles. The molecule has 2 aliphatic heterocycles. The number of hydrogen-bond donors (Lipinski definition) is 1. The molecule has 10 heteroatoms. The Balaban J connectivity index is 1.33. The van der Waals surface area contributed by atoms with E-state index >= 15 is 0 Å². The number of para-hydroxylation sites is 2. The molecule has 37 heavy (non-hydrogen) atoms. The normalized spacial score (nSPS) is 15.3. The lowest BCUT2D eigenvalue weighted by Crippen LogP contribution is -2.42. The van der Waals surface area contributed by atoms with Gasteiger partial charge in [-0.3, -0.25) is 9.52 Å². The zero-order valence-corrected chi connectivity index (χ0v) is 21.0. The van der Waals surface area contributed by atoms with Crippen molar-refractivity contribution in [2.45, 2.75) is 30.8 Å². The molecule has 5 rings (SSSR count).